The van der Waals surface area contributed by atoms with E-state index in [4.69, 9.17) is 14.7 Å². The summed E-state index contributed by atoms with van der Waals surface area (Å²) in [5.74, 6) is 2.05. The molecular weight excluding hydrogens is 362 g/mol. The highest BCUT2D eigenvalue weighted by Gasteiger charge is 2.17. The third kappa shape index (κ3) is 4.09. The lowest BCUT2D eigenvalue weighted by Gasteiger charge is -2.13. The second-order valence-corrected chi connectivity index (χ2v) is 6.54. The van der Waals surface area contributed by atoms with E-state index in [9.17, 15) is 5.11 Å². The van der Waals surface area contributed by atoms with Gasteiger partial charge in [-0.1, -0.05) is 73.7 Å². The van der Waals surface area contributed by atoms with E-state index in [-0.39, 0.29) is 5.75 Å². The summed E-state index contributed by atoms with van der Waals surface area (Å²) in [6.07, 6.45) is 0.829. The van der Waals surface area contributed by atoms with Gasteiger partial charge in [-0.3, -0.25) is 0 Å². The van der Waals surface area contributed by atoms with Crippen molar-refractivity contribution in [3.63, 3.8) is 0 Å². The number of phenols is 1. The maximum Gasteiger partial charge on any atom is 0.171 e. The Bertz CT molecular complexity index is 1040. The van der Waals surface area contributed by atoms with Gasteiger partial charge in [0.1, 0.15) is 0 Å². The molecule has 1 aromatic heterocycles. The van der Waals surface area contributed by atoms with Gasteiger partial charge in [-0.15, -0.1) is 0 Å². The zero-order valence-electron chi connectivity index (χ0n) is 16.1. The summed E-state index contributed by atoms with van der Waals surface area (Å²) in [6.45, 7) is 2.51. The van der Waals surface area contributed by atoms with Crippen LogP contribution in [0, 0.1) is 0 Å². The molecule has 4 aromatic rings. The van der Waals surface area contributed by atoms with Crippen LogP contribution in [-0.2, 0) is 0 Å². The predicted octanol–water partition coefficient (Wildman–Crippen LogP) is 5.37. The molecule has 144 valence electrons. The van der Waals surface area contributed by atoms with Crippen LogP contribution in [0.3, 0.4) is 0 Å². The molecular formula is C24H21N3O2. The molecule has 0 aliphatic rings. The van der Waals surface area contributed by atoms with Crippen LogP contribution in [-0.4, -0.2) is 26.7 Å². The fourth-order valence-corrected chi connectivity index (χ4v) is 2.99. The molecule has 4 rings (SSSR count). The number of ether oxygens (including phenoxy) is 1. The third-order valence-electron chi connectivity index (χ3n) is 4.39. The number of phenolic OH excluding ortho intramolecular Hbond substituents is 1. The van der Waals surface area contributed by atoms with E-state index in [1.54, 1.807) is 12.1 Å². The fourth-order valence-electron chi connectivity index (χ4n) is 2.99. The molecule has 0 bridgehead atoms. The number of aromatic hydroxyl groups is 1. The van der Waals surface area contributed by atoms with E-state index in [1.165, 1.54) is 0 Å². The van der Waals surface area contributed by atoms with E-state index < -0.39 is 0 Å². The Labute approximate surface area is 169 Å². The average Bonchev–Trinajstić information content (AvgIpc) is 2.79. The summed E-state index contributed by atoms with van der Waals surface area (Å²) in [6, 6.07) is 24.8. The van der Waals surface area contributed by atoms with Gasteiger partial charge in [-0.25, -0.2) is 15.0 Å². The minimum absolute atomic E-state index is 0.0684. The van der Waals surface area contributed by atoms with Crippen LogP contribution in [0.25, 0.3) is 34.2 Å². The van der Waals surface area contributed by atoms with Crippen LogP contribution >= 0.6 is 0 Å². The lowest BCUT2D eigenvalue weighted by Crippen LogP contribution is -2.03. The van der Waals surface area contributed by atoms with Crippen molar-refractivity contribution in [2.75, 3.05) is 6.61 Å². The molecule has 0 fully saturated rings. The van der Waals surface area contributed by atoms with Crippen LogP contribution < -0.4 is 4.74 Å². The standard InChI is InChI=1S/C24H21N3O2/c1-2-16-29-21-19(14-9-15-20(21)28)24-26-22(17-10-5-3-6-11-17)25-23(27-24)18-12-7-4-8-13-18/h3-15,28H,2,16H2,1H3. The average molecular weight is 383 g/mol. The quantitative estimate of drug-likeness (QED) is 0.485. The summed E-state index contributed by atoms with van der Waals surface area (Å²) in [5, 5.41) is 10.4. The van der Waals surface area contributed by atoms with Crippen molar-refractivity contribution in [1.29, 1.82) is 0 Å². The normalized spacial score (nSPS) is 10.7. The van der Waals surface area contributed by atoms with Crippen molar-refractivity contribution in [2.45, 2.75) is 13.3 Å². The highest BCUT2D eigenvalue weighted by Crippen LogP contribution is 2.37. The van der Waals surface area contributed by atoms with E-state index in [2.05, 4.69) is 4.98 Å². The molecule has 5 nitrogen and oxygen atoms in total. The molecule has 0 spiro atoms. The van der Waals surface area contributed by atoms with E-state index in [0.29, 0.717) is 35.4 Å². The number of aromatic nitrogens is 3. The van der Waals surface area contributed by atoms with Gasteiger partial charge in [0.25, 0.3) is 0 Å². The van der Waals surface area contributed by atoms with Gasteiger partial charge in [0.15, 0.2) is 29.0 Å². The van der Waals surface area contributed by atoms with Crippen LogP contribution in [0.1, 0.15) is 13.3 Å². The van der Waals surface area contributed by atoms with Crippen LogP contribution in [0.2, 0.25) is 0 Å². The Kier molecular flexibility index (Phi) is 5.47. The molecule has 1 heterocycles. The first-order chi connectivity index (χ1) is 14.3. The highest BCUT2D eigenvalue weighted by atomic mass is 16.5. The van der Waals surface area contributed by atoms with Crippen molar-refractivity contribution in [3.8, 4) is 45.7 Å². The maximum atomic E-state index is 10.4. The summed E-state index contributed by atoms with van der Waals surface area (Å²) in [4.78, 5) is 14.1. The Morgan fingerprint density at radius 3 is 1.79 bits per heavy atom. The molecule has 0 unspecified atom stereocenters. The molecule has 29 heavy (non-hydrogen) atoms. The number of benzene rings is 3. The number of hydrogen-bond donors (Lipinski definition) is 1. The molecule has 0 aliphatic heterocycles. The Balaban J connectivity index is 1.91. The maximum absolute atomic E-state index is 10.4. The first-order valence-corrected chi connectivity index (χ1v) is 9.58. The van der Waals surface area contributed by atoms with Gasteiger partial charge >= 0.3 is 0 Å². The van der Waals surface area contributed by atoms with Crippen molar-refractivity contribution >= 4 is 0 Å². The molecule has 1 N–H and O–H groups in total. The van der Waals surface area contributed by atoms with Crippen LogP contribution in [0.15, 0.2) is 78.9 Å². The van der Waals surface area contributed by atoms with Crippen molar-refractivity contribution in [1.82, 2.24) is 15.0 Å². The van der Waals surface area contributed by atoms with Gasteiger partial charge in [0, 0.05) is 11.1 Å². The minimum Gasteiger partial charge on any atom is -0.504 e. The Morgan fingerprint density at radius 2 is 1.24 bits per heavy atom. The van der Waals surface area contributed by atoms with E-state index in [0.717, 1.165) is 17.5 Å². The Morgan fingerprint density at radius 1 is 0.690 bits per heavy atom. The summed E-state index contributed by atoms with van der Waals surface area (Å²) >= 11 is 0. The smallest absolute Gasteiger partial charge is 0.171 e. The van der Waals surface area contributed by atoms with Gasteiger partial charge in [0.05, 0.1) is 12.2 Å². The van der Waals surface area contributed by atoms with Gasteiger partial charge < -0.3 is 9.84 Å². The largest absolute Gasteiger partial charge is 0.504 e. The number of nitrogens with zero attached hydrogens (tertiary/aromatic N) is 3. The SMILES string of the molecule is CCCOc1c(O)cccc1-c1nc(-c2ccccc2)nc(-c2ccccc2)n1. The zero-order chi connectivity index (χ0) is 20.1. The number of rotatable bonds is 6. The second kappa shape index (κ2) is 8.52. The number of para-hydroxylation sites is 1. The van der Waals surface area contributed by atoms with Gasteiger partial charge in [0.2, 0.25) is 0 Å². The van der Waals surface area contributed by atoms with E-state index in [1.807, 2.05) is 73.7 Å². The van der Waals surface area contributed by atoms with E-state index >= 15 is 0 Å². The van der Waals surface area contributed by atoms with Crippen molar-refractivity contribution < 1.29 is 9.84 Å². The lowest BCUT2D eigenvalue weighted by molar-refractivity contribution is 0.300. The van der Waals surface area contributed by atoms with Crippen LogP contribution in [0.4, 0.5) is 0 Å². The van der Waals surface area contributed by atoms with Gasteiger partial charge in [-0.2, -0.15) is 0 Å². The van der Waals surface area contributed by atoms with Crippen molar-refractivity contribution in [3.05, 3.63) is 78.9 Å². The summed E-state index contributed by atoms with van der Waals surface area (Å²) < 4.78 is 5.81. The van der Waals surface area contributed by atoms with Gasteiger partial charge in [-0.05, 0) is 18.6 Å². The zero-order valence-corrected chi connectivity index (χ0v) is 16.1. The molecule has 0 aliphatic carbocycles. The fraction of sp³-hybridized carbons (Fsp3) is 0.125. The predicted molar refractivity (Wildman–Crippen MR) is 114 cm³/mol. The third-order valence-corrected chi connectivity index (χ3v) is 4.39. The molecule has 0 amide bonds. The topological polar surface area (TPSA) is 68.1 Å². The molecule has 0 saturated carbocycles. The molecule has 3 aromatic carbocycles. The van der Waals surface area contributed by atoms with Crippen LogP contribution in [0.5, 0.6) is 11.5 Å². The monoisotopic (exact) mass is 383 g/mol. The highest BCUT2D eigenvalue weighted by molar-refractivity contribution is 5.72. The second-order valence-electron chi connectivity index (χ2n) is 6.54. The molecule has 0 saturated heterocycles. The Hall–Kier alpha value is -3.73. The first kappa shape index (κ1) is 18.6. The summed E-state index contributed by atoms with van der Waals surface area (Å²) in [5.41, 5.74) is 2.42. The first-order valence-electron chi connectivity index (χ1n) is 9.58. The lowest BCUT2D eigenvalue weighted by atomic mass is 10.1. The molecule has 0 atom stereocenters. The number of hydrogen-bond acceptors (Lipinski definition) is 5. The minimum atomic E-state index is 0.0684. The van der Waals surface area contributed by atoms with Crippen molar-refractivity contribution in [2.24, 2.45) is 0 Å². The summed E-state index contributed by atoms with van der Waals surface area (Å²) in [7, 11) is 0. The molecule has 5 heteroatoms. The molecule has 0 radical (unpaired) electrons.